The minimum Gasteiger partial charge on any atom is -0.390 e. The largest absolute Gasteiger partial charge is 0.390 e. The zero-order chi connectivity index (χ0) is 23.9. The summed E-state index contributed by atoms with van der Waals surface area (Å²) < 4.78 is 0. The number of aliphatic hydroxyl groups excluding tert-OH is 2. The molecule has 0 rings (SSSR count). The molecule has 0 saturated carbocycles. The molecule has 0 aromatic carbocycles. The molecule has 0 bridgehead atoms. The van der Waals surface area contributed by atoms with Crippen LogP contribution in [0.4, 0.5) is 0 Å². The van der Waals surface area contributed by atoms with Gasteiger partial charge in [0.1, 0.15) is 0 Å². The van der Waals surface area contributed by atoms with Crippen LogP contribution in [0.2, 0.25) is 0 Å². The van der Waals surface area contributed by atoms with Crippen LogP contribution in [0.1, 0.15) is 53.4 Å². The second-order valence-corrected chi connectivity index (χ2v) is 5.60. The van der Waals surface area contributed by atoms with E-state index in [1.54, 1.807) is 13.8 Å². The molecule has 4 amide bonds. The van der Waals surface area contributed by atoms with Crippen LogP contribution in [-0.4, -0.2) is 72.2 Å². The predicted octanol–water partition coefficient (Wildman–Crippen LogP) is -0.951. The van der Waals surface area contributed by atoms with Crippen LogP contribution in [0, 0.1) is 12.8 Å². The molecule has 0 aliphatic heterocycles. The maximum Gasteiger partial charge on any atom is 0.251 e. The molecule has 30 heavy (non-hydrogen) atoms. The van der Waals surface area contributed by atoms with Crippen LogP contribution >= 0.6 is 0 Å². The molecular formula is C20H38N4O6. The molecule has 10 heteroatoms. The molecule has 0 fully saturated rings. The Bertz CT molecular complexity index is 511. The number of terminal acetylenes is 1. The Morgan fingerprint density at radius 1 is 0.733 bits per heavy atom. The molecule has 2 unspecified atom stereocenters. The van der Waals surface area contributed by atoms with E-state index in [4.69, 9.17) is 0 Å². The number of amides is 4. The highest BCUT2D eigenvalue weighted by Gasteiger charge is 2.24. The Labute approximate surface area is 179 Å². The van der Waals surface area contributed by atoms with Gasteiger partial charge < -0.3 is 31.5 Å². The summed E-state index contributed by atoms with van der Waals surface area (Å²) in [7, 11) is 0. The molecule has 2 atom stereocenters. The van der Waals surface area contributed by atoms with Gasteiger partial charge in [-0.3, -0.25) is 19.2 Å². The van der Waals surface area contributed by atoms with Gasteiger partial charge in [-0.15, -0.1) is 12.8 Å². The summed E-state index contributed by atoms with van der Waals surface area (Å²) in [5.74, 6) is -1.39. The standard InChI is InChI=1S/C16H30N4O6.C2H6.C2H2/c1-3-12(22)17-7-8-19-14(24)6-5-11(21)15(25)16(26)20-10-9-18-13(23)4-2;2*1-2/h11,15,21,25H,3-10H2,1-2H3,(H,17,22)(H,18,23)(H,19,24)(H,20,26);1-2H3;1-2H. The highest BCUT2D eigenvalue weighted by atomic mass is 16.3. The Hall–Kier alpha value is -2.64. The third kappa shape index (κ3) is 18.7. The van der Waals surface area contributed by atoms with Crippen molar-refractivity contribution >= 4 is 23.6 Å². The van der Waals surface area contributed by atoms with Crippen molar-refractivity contribution < 1.29 is 29.4 Å². The van der Waals surface area contributed by atoms with Crippen LogP contribution in [-0.2, 0) is 19.2 Å². The average Bonchev–Trinajstić information content (AvgIpc) is 2.79. The van der Waals surface area contributed by atoms with E-state index in [1.165, 1.54) is 0 Å². The lowest BCUT2D eigenvalue weighted by molar-refractivity contribution is -0.136. The summed E-state index contributed by atoms with van der Waals surface area (Å²) in [5.41, 5.74) is 0. The first-order valence-corrected chi connectivity index (χ1v) is 10.1. The fourth-order valence-electron chi connectivity index (χ4n) is 1.85. The molecule has 0 aliphatic carbocycles. The zero-order valence-electron chi connectivity index (χ0n) is 18.5. The third-order valence-corrected chi connectivity index (χ3v) is 3.46. The van der Waals surface area contributed by atoms with Crippen molar-refractivity contribution in [3.8, 4) is 12.8 Å². The summed E-state index contributed by atoms with van der Waals surface area (Å²) in [6, 6.07) is 0. The lowest BCUT2D eigenvalue weighted by Gasteiger charge is -2.17. The van der Waals surface area contributed by atoms with E-state index in [2.05, 4.69) is 34.1 Å². The summed E-state index contributed by atoms with van der Waals surface area (Å²) in [5, 5.41) is 29.6. The number of hydrogen-bond donors (Lipinski definition) is 6. The lowest BCUT2D eigenvalue weighted by Crippen LogP contribution is -2.45. The summed E-state index contributed by atoms with van der Waals surface area (Å²) in [6.07, 6.45) is 5.50. The molecule has 0 radical (unpaired) electrons. The number of rotatable bonds is 13. The van der Waals surface area contributed by atoms with Gasteiger partial charge in [-0.2, -0.15) is 0 Å². The van der Waals surface area contributed by atoms with Gasteiger partial charge in [-0.05, 0) is 6.42 Å². The molecule has 0 aliphatic rings. The molecule has 0 saturated heterocycles. The number of carbonyl (C=O) groups is 4. The number of hydrogen-bond acceptors (Lipinski definition) is 6. The van der Waals surface area contributed by atoms with Crippen molar-refractivity contribution in [1.82, 2.24) is 21.3 Å². The molecule has 0 aromatic heterocycles. The van der Waals surface area contributed by atoms with Gasteiger partial charge in [0.05, 0.1) is 6.10 Å². The van der Waals surface area contributed by atoms with Crippen molar-refractivity contribution in [2.75, 3.05) is 26.2 Å². The van der Waals surface area contributed by atoms with Gasteiger partial charge in [0.15, 0.2) is 6.10 Å². The van der Waals surface area contributed by atoms with Gasteiger partial charge in [-0.1, -0.05) is 27.7 Å². The SMILES string of the molecule is C#C.CC.CCC(=O)NCCNC(=O)CCC(O)C(O)C(=O)NCCNC(=O)CC. The lowest BCUT2D eigenvalue weighted by atomic mass is 10.1. The third-order valence-electron chi connectivity index (χ3n) is 3.46. The highest BCUT2D eigenvalue weighted by Crippen LogP contribution is 2.03. The second-order valence-electron chi connectivity index (χ2n) is 5.60. The molecule has 0 aromatic rings. The predicted molar refractivity (Wildman–Crippen MR) is 115 cm³/mol. The van der Waals surface area contributed by atoms with Crippen LogP contribution in [0.25, 0.3) is 0 Å². The van der Waals surface area contributed by atoms with Gasteiger partial charge in [0.2, 0.25) is 17.7 Å². The van der Waals surface area contributed by atoms with Crippen molar-refractivity contribution in [2.45, 2.75) is 65.6 Å². The fraction of sp³-hybridized carbons (Fsp3) is 0.700. The van der Waals surface area contributed by atoms with E-state index in [9.17, 15) is 29.4 Å². The summed E-state index contributed by atoms with van der Waals surface area (Å²) in [4.78, 5) is 45.3. The first kappa shape index (κ1) is 32.0. The van der Waals surface area contributed by atoms with E-state index >= 15 is 0 Å². The van der Waals surface area contributed by atoms with E-state index < -0.39 is 18.1 Å². The monoisotopic (exact) mass is 430 g/mol. The van der Waals surface area contributed by atoms with E-state index in [1.807, 2.05) is 13.8 Å². The maximum absolute atomic E-state index is 11.7. The quantitative estimate of drug-likeness (QED) is 0.163. The van der Waals surface area contributed by atoms with E-state index in [0.29, 0.717) is 19.4 Å². The molecule has 0 heterocycles. The average molecular weight is 431 g/mol. The van der Waals surface area contributed by atoms with Gasteiger partial charge in [0, 0.05) is 45.4 Å². The van der Waals surface area contributed by atoms with Crippen molar-refractivity contribution in [2.24, 2.45) is 0 Å². The molecule has 0 spiro atoms. The highest BCUT2D eigenvalue weighted by molar-refractivity contribution is 5.81. The van der Waals surface area contributed by atoms with Crippen molar-refractivity contribution in [3.63, 3.8) is 0 Å². The molecule has 6 N–H and O–H groups in total. The Morgan fingerprint density at radius 3 is 1.50 bits per heavy atom. The van der Waals surface area contributed by atoms with Crippen LogP contribution in [0.15, 0.2) is 0 Å². The first-order chi connectivity index (χ1) is 14.3. The zero-order valence-corrected chi connectivity index (χ0v) is 18.5. The van der Waals surface area contributed by atoms with E-state index in [-0.39, 0.29) is 50.2 Å². The van der Waals surface area contributed by atoms with E-state index in [0.717, 1.165) is 0 Å². The normalized spacial score (nSPS) is 11.2. The van der Waals surface area contributed by atoms with Crippen LogP contribution < -0.4 is 21.3 Å². The van der Waals surface area contributed by atoms with Gasteiger partial charge in [0.25, 0.3) is 5.91 Å². The van der Waals surface area contributed by atoms with Gasteiger partial charge >= 0.3 is 0 Å². The molecule has 10 nitrogen and oxygen atoms in total. The number of aliphatic hydroxyl groups is 2. The van der Waals surface area contributed by atoms with Crippen LogP contribution in [0.3, 0.4) is 0 Å². The van der Waals surface area contributed by atoms with Gasteiger partial charge in [-0.25, -0.2) is 0 Å². The number of nitrogens with one attached hydrogen (secondary N) is 4. The number of carbonyl (C=O) groups excluding carboxylic acids is 4. The summed E-state index contributed by atoms with van der Waals surface area (Å²) in [6.45, 7) is 8.33. The Kier molecular flexibility index (Phi) is 24.2. The summed E-state index contributed by atoms with van der Waals surface area (Å²) >= 11 is 0. The van der Waals surface area contributed by atoms with Crippen molar-refractivity contribution in [3.05, 3.63) is 0 Å². The minimum atomic E-state index is -1.66. The van der Waals surface area contributed by atoms with Crippen LogP contribution in [0.5, 0.6) is 0 Å². The minimum absolute atomic E-state index is 0.0697. The fourth-order valence-corrected chi connectivity index (χ4v) is 1.85. The maximum atomic E-state index is 11.7. The smallest absolute Gasteiger partial charge is 0.251 e. The first-order valence-electron chi connectivity index (χ1n) is 10.1. The Balaban J connectivity index is -0.00000171. The Morgan fingerprint density at radius 2 is 1.10 bits per heavy atom. The molecule has 174 valence electrons. The second kappa shape index (κ2) is 22.6. The topological polar surface area (TPSA) is 157 Å². The van der Waals surface area contributed by atoms with Crippen molar-refractivity contribution in [1.29, 1.82) is 0 Å². The molecular weight excluding hydrogens is 392 g/mol.